The van der Waals surface area contributed by atoms with Gasteiger partial charge >= 0.3 is 0 Å². The summed E-state index contributed by atoms with van der Waals surface area (Å²) in [6.07, 6.45) is 0.175. The fourth-order valence-corrected chi connectivity index (χ4v) is 2.72. The first-order valence-electron chi connectivity index (χ1n) is 6.18. The lowest BCUT2D eigenvalue weighted by Gasteiger charge is -2.19. The van der Waals surface area contributed by atoms with Gasteiger partial charge in [-0.3, -0.25) is 0 Å². The molecule has 0 saturated carbocycles. The van der Waals surface area contributed by atoms with E-state index in [9.17, 15) is 13.2 Å². The zero-order valence-corrected chi connectivity index (χ0v) is 12.6. The maximum absolute atomic E-state index is 13.9. The molecule has 1 N–H and O–H groups in total. The van der Waals surface area contributed by atoms with E-state index >= 15 is 0 Å². The first kappa shape index (κ1) is 16.1. The molecule has 0 aliphatic rings. The molecule has 2 rings (SSSR count). The molecule has 112 valence electrons. The molecular weight excluding hydrogens is 322 g/mol. The van der Waals surface area contributed by atoms with Crippen LogP contribution < -0.4 is 5.32 Å². The van der Waals surface area contributed by atoms with Crippen LogP contribution in [0, 0.1) is 17.5 Å². The smallest absolute Gasteiger partial charge is 0.133 e. The number of hydrogen-bond acceptors (Lipinski definition) is 1. The Hall–Kier alpha value is -1.23. The van der Waals surface area contributed by atoms with E-state index in [0.29, 0.717) is 27.7 Å². The zero-order valence-electron chi connectivity index (χ0n) is 11.1. The van der Waals surface area contributed by atoms with E-state index in [1.165, 1.54) is 0 Å². The van der Waals surface area contributed by atoms with E-state index in [0.717, 1.165) is 0 Å². The largest absolute Gasteiger partial charge is 0.313 e. The minimum atomic E-state index is -0.959. The Bertz CT molecular complexity index is 618. The van der Waals surface area contributed by atoms with Gasteiger partial charge in [-0.25, -0.2) is 13.2 Å². The molecule has 0 aromatic heterocycles. The average Bonchev–Trinajstić information content (AvgIpc) is 2.39. The lowest BCUT2D eigenvalue weighted by atomic mass is 9.97. The van der Waals surface area contributed by atoms with E-state index in [4.69, 9.17) is 23.2 Å². The molecule has 0 fully saturated rings. The van der Waals surface area contributed by atoms with E-state index in [1.807, 2.05) is 0 Å². The molecule has 1 unspecified atom stereocenters. The van der Waals surface area contributed by atoms with Crippen LogP contribution in [-0.2, 0) is 6.42 Å². The van der Waals surface area contributed by atoms with Crippen LogP contribution in [0.2, 0.25) is 10.0 Å². The molecule has 0 radical (unpaired) electrons. The Morgan fingerprint density at radius 1 is 1.05 bits per heavy atom. The van der Waals surface area contributed by atoms with Crippen LogP contribution in [0.1, 0.15) is 17.2 Å². The fourth-order valence-electron chi connectivity index (χ4n) is 2.17. The summed E-state index contributed by atoms with van der Waals surface area (Å²) in [7, 11) is 1.55. The van der Waals surface area contributed by atoms with Crippen molar-refractivity contribution < 1.29 is 13.2 Å². The first-order valence-corrected chi connectivity index (χ1v) is 6.94. The molecule has 0 amide bonds. The van der Waals surface area contributed by atoms with Gasteiger partial charge < -0.3 is 5.32 Å². The van der Waals surface area contributed by atoms with Crippen LogP contribution in [0.5, 0.6) is 0 Å². The van der Waals surface area contributed by atoms with E-state index < -0.39 is 23.5 Å². The highest BCUT2D eigenvalue weighted by atomic mass is 35.5. The molecule has 6 heteroatoms. The summed E-state index contributed by atoms with van der Waals surface area (Å²) in [5.74, 6) is -2.86. The van der Waals surface area contributed by atoms with Gasteiger partial charge in [0.15, 0.2) is 0 Å². The van der Waals surface area contributed by atoms with Crippen molar-refractivity contribution >= 4 is 23.2 Å². The van der Waals surface area contributed by atoms with Crippen molar-refractivity contribution in [3.05, 3.63) is 69.0 Å². The molecule has 1 nitrogen and oxygen atoms in total. The Labute approximate surface area is 130 Å². The Balaban J connectivity index is 2.42. The van der Waals surface area contributed by atoms with Gasteiger partial charge in [0.2, 0.25) is 0 Å². The Kier molecular flexibility index (Phi) is 5.14. The van der Waals surface area contributed by atoms with Crippen molar-refractivity contribution in [1.82, 2.24) is 5.32 Å². The standard InChI is InChI=1S/C15H12Cl2F3N/c1-21-14(7-9-10(16)3-2-4-11(9)17)15-12(19)5-8(18)6-13(15)20/h2-6,14,21H,7H2,1H3. The summed E-state index contributed by atoms with van der Waals surface area (Å²) in [5.41, 5.74) is 0.332. The summed E-state index contributed by atoms with van der Waals surface area (Å²) < 4.78 is 40.7. The molecule has 2 aromatic carbocycles. The Morgan fingerprint density at radius 3 is 2.05 bits per heavy atom. The van der Waals surface area contributed by atoms with Gasteiger partial charge in [-0.05, 0) is 31.2 Å². The van der Waals surface area contributed by atoms with Gasteiger partial charge in [-0.1, -0.05) is 29.3 Å². The average molecular weight is 334 g/mol. The number of benzene rings is 2. The van der Waals surface area contributed by atoms with Gasteiger partial charge in [-0.2, -0.15) is 0 Å². The fraction of sp³-hybridized carbons (Fsp3) is 0.200. The molecule has 0 aliphatic carbocycles. The minimum absolute atomic E-state index is 0.175. The highest BCUT2D eigenvalue weighted by Crippen LogP contribution is 2.31. The topological polar surface area (TPSA) is 12.0 Å². The number of hydrogen-bond donors (Lipinski definition) is 1. The summed E-state index contributed by atoms with van der Waals surface area (Å²) in [6.45, 7) is 0. The lowest BCUT2D eigenvalue weighted by molar-refractivity contribution is 0.475. The monoisotopic (exact) mass is 333 g/mol. The molecule has 2 aromatic rings. The predicted octanol–water partition coefficient (Wildman–Crippen LogP) is 4.91. The summed E-state index contributed by atoms with van der Waals surface area (Å²) in [4.78, 5) is 0. The molecule has 0 aliphatic heterocycles. The second-order valence-electron chi connectivity index (χ2n) is 4.53. The third kappa shape index (κ3) is 3.51. The van der Waals surface area contributed by atoms with Crippen LogP contribution in [0.3, 0.4) is 0 Å². The van der Waals surface area contributed by atoms with Crippen LogP contribution in [-0.4, -0.2) is 7.05 Å². The molecule has 0 saturated heterocycles. The quantitative estimate of drug-likeness (QED) is 0.837. The van der Waals surface area contributed by atoms with Gasteiger partial charge in [0, 0.05) is 33.8 Å². The normalized spacial score (nSPS) is 12.5. The van der Waals surface area contributed by atoms with E-state index in [2.05, 4.69) is 5.32 Å². The van der Waals surface area contributed by atoms with Crippen LogP contribution >= 0.6 is 23.2 Å². The second kappa shape index (κ2) is 6.69. The maximum atomic E-state index is 13.9. The van der Waals surface area contributed by atoms with E-state index in [1.54, 1.807) is 25.2 Å². The molecule has 0 bridgehead atoms. The summed E-state index contributed by atoms with van der Waals surface area (Å²) >= 11 is 12.1. The maximum Gasteiger partial charge on any atom is 0.133 e. The predicted molar refractivity (Wildman–Crippen MR) is 78.3 cm³/mol. The van der Waals surface area contributed by atoms with Crippen molar-refractivity contribution in [3.8, 4) is 0 Å². The van der Waals surface area contributed by atoms with Gasteiger partial charge in [-0.15, -0.1) is 0 Å². The van der Waals surface area contributed by atoms with Crippen molar-refractivity contribution in [2.75, 3.05) is 7.05 Å². The highest BCUT2D eigenvalue weighted by Gasteiger charge is 2.22. The van der Waals surface area contributed by atoms with Crippen molar-refractivity contribution in [1.29, 1.82) is 0 Å². The van der Waals surface area contributed by atoms with Crippen molar-refractivity contribution in [2.24, 2.45) is 0 Å². The number of halogens is 5. The summed E-state index contributed by atoms with van der Waals surface area (Å²) in [6, 6.07) is 5.55. The van der Waals surface area contributed by atoms with E-state index in [-0.39, 0.29) is 12.0 Å². The third-order valence-corrected chi connectivity index (χ3v) is 3.92. The zero-order chi connectivity index (χ0) is 15.6. The van der Waals surface area contributed by atoms with Gasteiger partial charge in [0.05, 0.1) is 0 Å². The van der Waals surface area contributed by atoms with Gasteiger partial charge in [0.1, 0.15) is 17.5 Å². The minimum Gasteiger partial charge on any atom is -0.313 e. The molecule has 1 atom stereocenters. The lowest BCUT2D eigenvalue weighted by Crippen LogP contribution is -2.22. The molecular formula is C15H12Cl2F3N. The van der Waals surface area contributed by atoms with Crippen LogP contribution in [0.4, 0.5) is 13.2 Å². The summed E-state index contributed by atoms with van der Waals surface area (Å²) in [5, 5.41) is 3.62. The molecule has 0 spiro atoms. The SMILES string of the molecule is CNC(Cc1c(Cl)cccc1Cl)c1c(F)cc(F)cc1F. The van der Waals surface area contributed by atoms with Crippen LogP contribution in [0.15, 0.2) is 30.3 Å². The number of nitrogens with one attached hydrogen (secondary N) is 1. The number of likely N-dealkylation sites (N-methyl/N-ethyl adjacent to an activating group) is 1. The highest BCUT2D eigenvalue weighted by molar-refractivity contribution is 6.36. The second-order valence-corrected chi connectivity index (χ2v) is 5.34. The van der Waals surface area contributed by atoms with Crippen molar-refractivity contribution in [2.45, 2.75) is 12.5 Å². The number of rotatable bonds is 4. The molecule has 0 heterocycles. The van der Waals surface area contributed by atoms with Gasteiger partial charge in [0.25, 0.3) is 0 Å². The van der Waals surface area contributed by atoms with Crippen LogP contribution in [0.25, 0.3) is 0 Å². The van der Waals surface area contributed by atoms with Crippen molar-refractivity contribution in [3.63, 3.8) is 0 Å². The first-order chi connectivity index (χ1) is 9.93. The third-order valence-electron chi connectivity index (χ3n) is 3.21. The Morgan fingerprint density at radius 2 is 1.57 bits per heavy atom. The molecule has 21 heavy (non-hydrogen) atoms.